The van der Waals surface area contributed by atoms with E-state index in [2.05, 4.69) is 17.4 Å². The smallest absolute Gasteiger partial charge is 0.242 e. The minimum Gasteiger partial charge on any atom is -0.346 e. The van der Waals surface area contributed by atoms with Crippen molar-refractivity contribution in [1.29, 1.82) is 0 Å². The Morgan fingerprint density at radius 2 is 1.83 bits per heavy atom. The highest BCUT2D eigenvalue weighted by Gasteiger charge is 2.26. The van der Waals surface area contributed by atoms with Crippen LogP contribution >= 0.6 is 12.4 Å². The predicted molar refractivity (Wildman–Crippen MR) is 93.4 cm³/mol. The van der Waals surface area contributed by atoms with E-state index >= 15 is 0 Å². The van der Waals surface area contributed by atoms with Gasteiger partial charge in [0, 0.05) is 12.6 Å². The van der Waals surface area contributed by atoms with Gasteiger partial charge in [-0.3, -0.25) is 9.59 Å². The van der Waals surface area contributed by atoms with Crippen molar-refractivity contribution in [3.8, 4) is 0 Å². The van der Waals surface area contributed by atoms with Gasteiger partial charge < -0.3 is 16.0 Å². The molecule has 2 rings (SSSR count). The molecule has 0 radical (unpaired) electrons. The molecule has 0 heterocycles. The van der Waals surface area contributed by atoms with E-state index in [0.717, 1.165) is 19.3 Å². The fourth-order valence-corrected chi connectivity index (χ4v) is 2.97. The largest absolute Gasteiger partial charge is 0.346 e. The molecule has 0 saturated heterocycles. The molecular formula is C17H26ClN3O2. The lowest BCUT2D eigenvalue weighted by molar-refractivity contribution is -0.134. The summed E-state index contributed by atoms with van der Waals surface area (Å²) < 4.78 is 0. The van der Waals surface area contributed by atoms with E-state index in [1.165, 1.54) is 18.4 Å². The van der Waals surface area contributed by atoms with Crippen molar-refractivity contribution in [2.24, 2.45) is 5.73 Å². The van der Waals surface area contributed by atoms with E-state index in [1.54, 1.807) is 0 Å². The number of nitrogens with zero attached hydrogens (tertiary/aromatic N) is 1. The van der Waals surface area contributed by atoms with E-state index in [4.69, 9.17) is 5.73 Å². The Kier molecular flexibility index (Phi) is 8.66. The van der Waals surface area contributed by atoms with Crippen molar-refractivity contribution >= 4 is 24.2 Å². The average Bonchev–Trinajstić information content (AvgIpc) is 3.08. The lowest BCUT2D eigenvalue weighted by Gasteiger charge is -2.29. The fraction of sp³-hybridized carbons (Fsp3) is 0.529. The topological polar surface area (TPSA) is 75.4 Å². The number of rotatable bonds is 7. The van der Waals surface area contributed by atoms with E-state index in [1.807, 2.05) is 23.1 Å². The van der Waals surface area contributed by atoms with Crippen LogP contribution in [0.15, 0.2) is 30.3 Å². The van der Waals surface area contributed by atoms with Crippen LogP contribution in [0.4, 0.5) is 0 Å². The van der Waals surface area contributed by atoms with E-state index in [9.17, 15) is 9.59 Å². The van der Waals surface area contributed by atoms with Gasteiger partial charge in [-0.05, 0) is 24.8 Å². The third-order valence-electron chi connectivity index (χ3n) is 4.19. The predicted octanol–water partition coefficient (Wildman–Crippen LogP) is 1.50. The van der Waals surface area contributed by atoms with Crippen LogP contribution < -0.4 is 11.1 Å². The van der Waals surface area contributed by atoms with Gasteiger partial charge in [0.25, 0.3) is 0 Å². The van der Waals surface area contributed by atoms with Gasteiger partial charge in [-0.2, -0.15) is 0 Å². The summed E-state index contributed by atoms with van der Waals surface area (Å²) in [5.41, 5.74) is 6.48. The molecule has 128 valence electrons. The third kappa shape index (κ3) is 6.20. The maximum absolute atomic E-state index is 12.4. The molecule has 1 fully saturated rings. The summed E-state index contributed by atoms with van der Waals surface area (Å²) in [6.45, 7) is 0.661. The van der Waals surface area contributed by atoms with Gasteiger partial charge in [-0.15, -0.1) is 12.4 Å². The number of nitrogens with two attached hydrogens (primary N) is 1. The molecule has 1 saturated carbocycles. The Hall–Kier alpha value is -1.59. The molecule has 6 heteroatoms. The summed E-state index contributed by atoms with van der Waals surface area (Å²) in [5.74, 6) is -0.299. The van der Waals surface area contributed by atoms with Crippen molar-refractivity contribution < 1.29 is 9.59 Å². The summed E-state index contributed by atoms with van der Waals surface area (Å²) in [6, 6.07) is 10.5. The van der Waals surface area contributed by atoms with Crippen molar-refractivity contribution in [3.63, 3.8) is 0 Å². The van der Waals surface area contributed by atoms with Gasteiger partial charge in [0.2, 0.25) is 11.8 Å². The number of carbonyl (C=O) groups excluding carboxylic acids is 2. The van der Waals surface area contributed by atoms with E-state index in [0.29, 0.717) is 12.6 Å². The van der Waals surface area contributed by atoms with Gasteiger partial charge in [0.05, 0.1) is 13.1 Å². The van der Waals surface area contributed by atoms with Crippen molar-refractivity contribution in [3.05, 3.63) is 35.9 Å². The zero-order chi connectivity index (χ0) is 15.8. The number of nitrogens with one attached hydrogen (secondary N) is 1. The zero-order valence-corrected chi connectivity index (χ0v) is 14.2. The molecule has 1 aromatic rings. The van der Waals surface area contributed by atoms with Crippen molar-refractivity contribution in [2.45, 2.75) is 38.1 Å². The molecule has 1 aliphatic rings. The molecule has 0 bridgehead atoms. The van der Waals surface area contributed by atoms with Crippen LogP contribution in [0.1, 0.15) is 31.2 Å². The summed E-state index contributed by atoms with van der Waals surface area (Å²) in [7, 11) is 0. The highest BCUT2D eigenvalue weighted by molar-refractivity contribution is 5.86. The van der Waals surface area contributed by atoms with Crippen molar-refractivity contribution in [1.82, 2.24) is 10.2 Å². The first kappa shape index (κ1) is 19.5. The van der Waals surface area contributed by atoms with E-state index < -0.39 is 0 Å². The molecule has 0 spiro atoms. The molecule has 1 aliphatic carbocycles. The number of carbonyl (C=O) groups is 2. The number of hydrogen-bond donors (Lipinski definition) is 2. The van der Waals surface area contributed by atoms with Gasteiger partial charge >= 0.3 is 0 Å². The Morgan fingerprint density at radius 1 is 1.17 bits per heavy atom. The Balaban J connectivity index is 0.00000264. The highest BCUT2D eigenvalue weighted by Crippen LogP contribution is 2.23. The molecule has 0 aromatic heterocycles. The summed E-state index contributed by atoms with van der Waals surface area (Å²) >= 11 is 0. The number of benzene rings is 1. The van der Waals surface area contributed by atoms with Gasteiger partial charge in [0.15, 0.2) is 0 Å². The van der Waals surface area contributed by atoms with Crippen LogP contribution in [0.3, 0.4) is 0 Å². The fourth-order valence-electron chi connectivity index (χ4n) is 2.97. The average molecular weight is 340 g/mol. The maximum Gasteiger partial charge on any atom is 0.242 e. The molecule has 0 atom stereocenters. The van der Waals surface area contributed by atoms with Crippen LogP contribution in [-0.2, 0) is 16.0 Å². The first-order chi connectivity index (χ1) is 10.7. The minimum atomic E-state index is -0.289. The number of halogens is 1. The SMILES string of the molecule is Cl.NCC(=O)NCC(=O)N(CCc1ccccc1)C1CCCC1. The van der Waals surface area contributed by atoms with Gasteiger partial charge in [-0.25, -0.2) is 0 Å². The van der Waals surface area contributed by atoms with Crippen LogP contribution in [0.5, 0.6) is 0 Å². The molecule has 2 amide bonds. The van der Waals surface area contributed by atoms with Gasteiger partial charge in [-0.1, -0.05) is 43.2 Å². The van der Waals surface area contributed by atoms with E-state index in [-0.39, 0.29) is 37.3 Å². The zero-order valence-electron chi connectivity index (χ0n) is 13.4. The first-order valence-electron chi connectivity index (χ1n) is 8.01. The molecule has 0 aliphatic heterocycles. The molecule has 1 aromatic carbocycles. The Bertz CT molecular complexity index is 490. The summed E-state index contributed by atoms with van der Waals surface area (Å²) in [4.78, 5) is 25.6. The summed E-state index contributed by atoms with van der Waals surface area (Å²) in [6.07, 6.45) is 5.31. The molecule has 3 N–H and O–H groups in total. The monoisotopic (exact) mass is 339 g/mol. The van der Waals surface area contributed by atoms with Crippen molar-refractivity contribution in [2.75, 3.05) is 19.6 Å². The second-order valence-corrected chi connectivity index (χ2v) is 5.74. The molecular weight excluding hydrogens is 314 g/mol. The third-order valence-corrected chi connectivity index (χ3v) is 4.19. The first-order valence-corrected chi connectivity index (χ1v) is 8.01. The quantitative estimate of drug-likeness (QED) is 0.790. The molecule has 0 unspecified atom stereocenters. The Morgan fingerprint density at radius 3 is 2.43 bits per heavy atom. The van der Waals surface area contributed by atoms with Crippen LogP contribution in [-0.4, -0.2) is 42.4 Å². The van der Waals surface area contributed by atoms with Crippen LogP contribution in [0, 0.1) is 0 Å². The second kappa shape index (κ2) is 10.2. The molecule has 23 heavy (non-hydrogen) atoms. The lowest BCUT2D eigenvalue weighted by Crippen LogP contribution is -2.46. The Labute approximate surface area is 144 Å². The lowest BCUT2D eigenvalue weighted by atomic mass is 10.1. The highest BCUT2D eigenvalue weighted by atomic mass is 35.5. The number of amides is 2. The maximum atomic E-state index is 12.4. The van der Waals surface area contributed by atoms with Crippen LogP contribution in [0.2, 0.25) is 0 Å². The van der Waals surface area contributed by atoms with Crippen LogP contribution in [0.25, 0.3) is 0 Å². The second-order valence-electron chi connectivity index (χ2n) is 5.74. The number of hydrogen-bond acceptors (Lipinski definition) is 3. The molecule has 5 nitrogen and oxygen atoms in total. The normalized spacial score (nSPS) is 14.1. The minimum absolute atomic E-state index is 0. The van der Waals surface area contributed by atoms with Gasteiger partial charge in [0.1, 0.15) is 0 Å². The standard InChI is InChI=1S/C17H25N3O2.ClH/c18-12-16(21)19-13-17(22)20(15-8-4-5-9-15)11-10-14-6-2-1-3-7-14;/h1-3,6-7,15H,4-5,8-13,18H2,(H,19,21);1H. The summed E-state index contributed by atoms with van der Waals surface area (Å²) in [5, 5.41) is 2.58.